The predicted octanol–water partition coefficient (Wildman–Crippen LogP) is 6.77. The van der Waals surface area contributed by atoms with Gasteiger partial charge in [0.1, 0.15) is 0 Å². The Bertz CT molecular complexity index is 1250. The average Bonchev–Trinajstić information content (AvgIpc) is 3.50. The zero-order valence-corrected chi connectivity index (χ0v) is 21.8. The molecule has 0 spiro atoms. The Morgan fingerprint density at radius 3 is 2.54 bits per heavy atom. The fourth-order valence-electron chi connectivity index (χ4n) is 4.88. The Kier molecular flexibility index (Phi) is 8.69. The van der Waals surface area contributed by atoms with Crippen molar-refractivity contribution < 1.29 is 0 Å². The molecule has 1 unspecified atom stereocenters. The van der Waals surface area contributed by atoms with Crippen LogP contribution in [0.2, 0.25) is 0 Å². The number of aryl methyl sites for hydroxylation is 1. The molecule has 3 aromatic carbocycles. The lowest BCUT2D eigenvalue weighted by Gasteiger charge is -2.15. The number of anilines is 1. The number of nitrogens with one attached hydrogen (secondary N) is 2. The van der Waals surface area contributed by atoms with Gasteiger partial charge in [-0.2, -0.15) is 0 Å². The number of benzene rings is 3. The fraction of sp³-hybridized carbons (Fsp3) is 0.267. The third kappa shape index (κ3) is 6.17. The van der Waals surface area contributed by atoms with Crippen molar-refractivity contribution in [1.82, 2.24) is 14.2 Å². The molecule has 1 aliphatic heterocycles. The summed E-state index contributed by atoms with van der Waals surface area (Å²) < 4.78 is 5.28. The standard InChI is InChI=1S/C20H22N2.C10H14N2S/c1-21-13-18(19-9-5-6-10-20(19)21)15-22-12-11-17(14-22)16-7-3-2-4-8-16;1-4-8-5-6-9(13-12-3)7-10(8)11-2/h2-10,13,17H,11-12,14-15H2,1H3;4-7,11-12H,1H2,2-3H3. The van der Waals surface area contributed by atoms with Gasteiger partial charge in [0.25, 0.3) is 0 Å². The number of hydrogen-bond acceptors (Lipinski definition) is 4. The molecule has 1 atom stereocenters. The molecule has 0 saturated carbocycles. The van der Waals surface area contributed by atoms with Crippen LogP contribution in [0.15, 0.2) is 90.5 Å². The molecule has 1 aromatic heterocycles. The van der Waals surface area contributed by atoms with Crippen LogP contribution in [0.4, 0.5) is 5.69 Å². The highest BCUT2D eigenvalue weighted by Crippen LogP contribution is 2.30. The first kappa shape index (κ1) is 25.1. The van der Waals surface area contributed by atoms with E-state index in [1.807, 2.05) is 20.2 Å². The largest absolute Gasteiger partial charge is 0.388 e. The van der Waals surface area contributed by atoms with Gasteiger partial charge in [0.05, 0.1) is 0 Å². The van der Waals surface area contributed by atoms with Gasteiger partial charge in [-0.15, -0.1) is 0 Å². The van der Waals surface area contributed by atoms with Gasteiger partial charge in [0.2, 0.25) is 0 Å². The second-order valence-corrected chi connectivity index (χ2v) is 10.0. The monoisotopic (exact) mass is 484 g/mol. The number of likely N-dealkylation sites (tertiary alicyclic amines) is 1. The van der Waals surface area contributed by atoms with Crippen molar-refractivity contribution in [3.63, 3.8) is 0 Å². The maximum atomic E-state index is 3.75. The summed E-state index contributed by atoms with van der Waals surface area (Å²) in [5.74, 6) is 0.691. The maximum absolute atomic E-state index is 3.75. The smallest absolute Gasteiger partial charge is 0.0481 e. The van der Waals surface area contributed by atoms with Crippen LogP contribution >= 0.6 is 11.9 Å². The zero-order valence-electron chi connectivity index (χ0n) is 21.0. The molecule has 0 radical (unpaired) electrons. The molecule has 5 rings (SSSR count). The number of aromatic nitrogens is 1. The van der Waals surface area contributed by atoms with Crippen molar-refractivity contribution in [2.45, 2.75) is 23.8 Å². The van der Waals surface area contributed by atoms with Crippen molar-refractivity contribution in [2.24, 2.45) is 7.05 Å². The minimum atomic E-state index is 0.691. The van der Waals surface area contributed by atoms with Gasteiger partial charge in [0.15, 0.2) is 0 Å². The van der Waals surface area contributed by atoms with E-state index < -0.39 is 0 Å². The third-order valence-corrected chi connectivity index (χ3v) is 7.34. The first-order valence-electron chi connectivity index (χ1n) is 12.2. The molecule has 0 bridgehead atoms. The van der Waals surface area contributed by atoms with E-state index in [2.05, 4.69) is 112 Å². The van der Waals surface area contributed by atoms with Gasteiger partial charge in [0, 0.05) is 54.9 Å². The third-order valence-electron chi connectivity index (χ3n) is 6.65. The number of para-hydroxylation sites is 1. The molecule has 2 heterocycles. The van der Waals surface area contributed by atoms with Gasteiger partial charge >= 0.3 is 0 Å². The molecule has 5 heteroatoms. The first-order chi connectivity index (χ1) is 17.1. The number of nitrogens with zero attached hydrogens (tertiary/aromatic N) is 2. The fourth-order valence-corrected chi connectivity index (χ4v) is 5.43. The van der Waals surface area contributed by atoms with E-state index in [4.69, 9.17) is 0 Å². The lowest BCUT2D eigenvalue weighted by molar-refractivity contribution is 0.328. The first-order valence-corrected chi connectivity index (χ1v) is 13.0. The molecule has 182 valence electrons. The van der Waals surface area contributed by atoms with Gasteiger partial charge in [-0.25, -0.2) is 0 Å². The molecule has 1 saturated heterocycles. The predicted molar refractivity (Wildman–Crippen MR) is 153 cm³/mol. The van der Waals surface area contributed by atoms with Gasteiger partial charge in [-0.1, -0.05) is 67.3 Å². The summed E-state index contributed by atoms with van der Waals surface area (Å²) in [6.07, 6.45) is 5.41. The molecule has 35 heavy (non-hydrogen) atoms. The minimum absolute atomic E-state index is 0.691. The molecular weight excluding hydrogens is 448 g/mol. The Morgan fingerprint density at radius 1 is 1.03 bits per heavy atom. The summed E-state index contributed by atoms with van der Waals surface area (Å²) in [5, 5.41) is 4.53. The highest BCUT2D eigenvalue weighted by Gasteiger charge is 2.24. The summed E-state index contributed by atoms with van der Waals surface area (Å²) in [4.78, 5) is 3.79. The lowest BCUT2D eigenvalue weighted by Crippen LogP contribution is -2.19. The highest BCUT2D eigenvalue weighted by atomic mass is 32.2. The lowest BCUT2D eigenvalue weighted by atomic mass is 9.99. The highest BCUT2D eigenvalue weighted by molar-refractivity contribution is 7.97. The second-order valence-electron chi connectivity index (χ2n) is 8.92. The van der Waals surface area contributed by atoms with Crippen LogP contribution < -0.4 is 10.0 Å². The average molecular weight is 485 g/mol. The Labute approximate surface area is 214 Å². The van der Waals surface area contributed by atoms with Gasteiger partial charge in [-0.05, 0) is 72.8 Å². The Hall–Kier alpha value is -2.99. The second kappa shape index (κ2) is 12.1. The Morgan fingerprint density at radius 2 is 1.80 bits per heavy atom. The molecule has 1 fully saturated rings. The van der Waals surface area contributed by atoms with E-state index in [-0.39, 0.29) is 0 Å². The number of hydrogen-bond donors (Lipinski definition) is 2. The molecule has 4 nitrogen and oxygen atoms in total. The van der Waals surface area contributed by atoms with E-state index in [0.29, 0.717) is 5.92 Å². The van der Waals surface area contributed by atoms with Crippen LogP contribution in [-0.2, 0) is 13.6 Å². The quantitative estimate of drug-likeness (QED) is 0.284. The SMILES string of the molecule is C=Cc1ccc(SNC)cc1NC.Cn1cc(CN2CCC(c3ccccc3)C2)c2ccccc21. The molecule has 1 aliphatic rings. The van der Waals surface area contributed by atoms with Crippen LogP contribution in [0.25, 0.3) is 17.0 Å². The summed E-state index contributed by atoms with van der Waals surface area (Å²) >= 11 is 1.60. The van der Waals surface area contributed by atoms with Crippen LogP contribution in [0.5, 0.6) is 0 Å². The zero-order chi connectivity index (χ0) is 24.6. The van der Waals surface area contributed by atoms with Crippen LogP contribution in [0.3, 0.4) is 0 Å². The maximum Gasteiger partial charge on any atom is 0.0481 e. The molecular formula is C30H36N4S. The van der Waals surface area contributed by atoms with E-state index in [0.717, 1.165) is 17.8 Å². The van der Waals surface area contributed by atoms with Crippen LogP contribution in [-0.4, -0.2) is 36.7 Å². The van der Waals surface area contributed by atoms with Gasteiger partial charge in [-0.3, -0.25) is 9.62 Å². The van der Waals surface area contributed by atoms with Gasteiger partial charge < -0.3 is 9.88 Å². The Balaban J connectivity index is 0.000000191. The molecule has 4 aromatic rings. The normalized spacial score (nSPS) is 15.6. The number of rotatable bonds is 7. The van der Waals surface area contributed by atoms with Crippen molar-refractivity contribution in [3.05, 3.63) is 102 Å². The van der Waals surface area contributed by atoms with Crippen molar-refractivity contribution in [2.75, 3.05) is 32.5 Å². The minimum Gasteiger partial charge on any atom is -0.388 e. The summed E-state index contributed by atoms with van der Waals surface area (Å²) in [6, 6.07) is 25.9. The van der Waals surface area contributed by atoms with Crippen molar-refractivity contribution in [3.8, 4) is 0 Å². The van der Waals surface area contributed by atoms with E-state index in [1.54, 1.807) is 11.9 Å². The van der Waals surface area contributed by atoms with Crippen LogP contribution in [0, 0.1) is 0 Å². The number of fused-ring (bicyclic) bond motifs is 1. The topological polar surface area (TPSA) is 32.2 Å². The van der Waals surface area contributed by atoms with Crippen molar-refractivity contribution >= 4 is 34.6 Å². The van der Waals surface area contributed by atoms with E-state index in [9.17, 15) is 0 Å². The van der Waals surface area contributed by atoms with Crippen molar-refractivity contribution in [1.29, 1.82) is 0 Å². The molecule has 0 aliphatic carbocycles. The molecule has 2 N–H and O–H groups in total. The molecule has 0 amide bonds. The van der Waals surface area contributed by atoms with E-state index in [1.165, 1.54) is 46.4 Å². The summed E-state index contributed by atoms with van der Waals surface area (Å²) in [7, 11) is 5.96. The summed E-state index contributed by atoms with van der Waals surface area (Å²) in [6.45, 7) is 7.18. The van der Waals surface area contributed by atoms with E-state index >= 15 is 0 Å². The summed E-state index contributed by atoms with van der Waals surface area (Å²) in [5.41, 5.74) is 6.50. The van der Waals surface area contributed by atoms with Crippen LogP contribution in [0.1, 0.15) is 29.0 Å².